The van der Waals surface area contributed by atoms with Gasteiger partial charge in [-0.1, -0.05) is 164 Å². The Morgan fingerprint density at radius 2 is 0.785 bits per heavy atom. The van der Waals surface area contributed by atoms with E-state index in [2.05, 4.69) is 180 Å². The van der Waals surface area contributed by atoms with E-state index >= 15 is 0 Å². The number of nitrogens with zero attached hydrogens (tertiary/aromatic N) is 3. The summed E-state index contributed by atoms with van der Waals surface area (Å²) in [7, 11) is 0. The molecule has 0 aliphatic heterocycles. The van der Waals surface area contributed by atoms with Gasteiger partial charge in [-0.05, 0) is 118 Å². The van der Waals surface area contributed by atoms with Gasteiger partial charge in [-0.25, -0.2) is 0 Å². The Kier molecular flexibility index (Phi) is 10.9. The molecule has 4 aromatic heterocycles. The molecule has 310 valence electrons. The van der Waals surface area contributed by atoms with Crippen molar-refractivity contribution in [2.75, 3.05) is 0 Å². The van der Waals surface area contributed by atoms with Gasteiger partial charge in [0.25, 0.3) is 0 Å². The van der Waals surface area contributed by atoms with Gasteiger partial charge in [-0.2, -0.15) is 0 Å². The molecule has 0 unspecified atom stereocenters. The van der Waals surface area contributed by atoms with Gasteiger partial charge in [0.05, 0.1) is 17.1 Å². The molecule has 11 rings (SSSR count). The van der Waals surface area contributed by atoms with Crippen LogP contribution >= 0.6 is 0 Å². The molecule has 4 heterocycles. The first-order chi connectivity index (χ1) is 32.2. The molecule has 0 radical (unpaired) electrons. The molecule has 0 aliphatic rings. The van der Waals surface area contributed by atoms with Crippen LogP contribution in [0, 0.1) is 0 Å². The van der Waals surface area contributed by atoms with Crippen molar-refractivity contribution in [1.29, 1.82) is 0 Å². The monoisotopic (exact) mass is 835 g/mol. The third-order valence-corrected chi connectivity index (χ3v) is 12.5. The van der Waals surface area contributed by atoms with Gasteiger partial charge in [-0.3, -0.25) is 15.0 Å². The first kappa shape index (κ1) is 39.6. The van der Waals surface area contributed by atoms with Crippen LogP contribution in [0.15, 0.2) is 229 Å². The second kappa shape index (κ2) is 17.9. The third kappa shape index (κ3) is 8.50. The number of aryl methyl sites for hydroxylation is 4. The number of furan rings is 1. The highest BCUT2D eigenvalue weighted by atomic mass is 16.3. The minimum atomic E-state index is 0.897. The largest absolute Gasteiger partial charge is 0.455 e. The second-order valence-corrected chi connectivity index (χ2v) is 16.7. The average Bonchev–Trinajstić information content (AvgIpc) is 3.77. The van der Waals surface area contributed by atoms with E-state index in [4.69, 9.17) is 9.40 Å². The van der Waals surface area contributed by atoms with E-state index < -0.39 is 0 Å². The molecule has 65 heavy (non-hydrogen) atoms. The summed E-state index contributed by atoms with van der Waals surface area (Å²) in [5.41, 5.74) is 20.3. The van der Waals surface area contributed by atoms with Gasteiger partial charge in [0.15, 0.2) is 0 Å². The van der Waals surface area contributed by atoms with E-state index in [1.165, 1.54) is 44.5 Å². The Morgan fingerprint density at radius 1 is 0.292 bits per heavy atom. The molecule has 0 saturated carbocycles. The van der Waals surface area contributed by atoms with Crippen molar-refractivity contribution in [2.24, 2.45) is 0 Å². The average molecular weight is 836 g/mol. The molecule has 0 atom stereocenters. The molecule has 4 nitrogen and oxygen atoms in total. The molecule has 0 fully saturated rings. The van der Waals surface area contributed by atoms with Gasteiger partial charge in [0.2, 0.25) is 0 Å². The minimum absolute atomic E-state index is 0.897. The molecule has 0 spiro atoms. The molecule has 0 N–H and O–H groups in total. The van der Waals surface area contributed by atoms with Crippen LogP contribution in [0.3, 0.4) is 0 Å². The van der Waals surface area contributed by atoms with Crippen LogP contribution in [0.1, 0.15) is 22.3 Å². The van der Waals surface area contributed by atoms with Gasteiger partial charge in [0.1, 0.15) is 11.2 Å². The highest BCUT2D eigenvalue weighted by Crippen LogP contribution is 2.38. The highest BCUT2D eigenvalue weighted by molar-refractivity contribution is 6.09. The van der Waals surface area contributed by atoms with Crippen molar-refractivity contribution < 1.29 is 4.42 Å². The summed E-state index contributed by atoms with van der Waals surface area (Å²) < 4.78 is 6.39. The lowest BCUT2D eigenvalue weighted by molar-refractivity contribution is 0.670. The number of hydrogen-bond acceptors (Lipinski definition) is 4. The highest BCUT2D eigenvalue weighted by Gasteiger charge is 2.15. The fraction of sp³-hybridized carbons (Fsp3) is 0.0656. The summed E-state index contributed by atoms with van der Waals surface area (Å²) in [5, 5.41) is 2.25. The fourth-order valence-corrected chi connectivity index (χ4v) is 9.07. The number of fused-ring (bicyclic) bond motifs is 3. The third-order valence-electron chi connectivity index (χ3n) is 12.5. The van der Waals surface area contributed by atoms with Crippen molar-refractivity contribution in [3.05, 3.63) is 247 Å². The van der Waals surface area contributed by atoms with E-state index in [-0.39, 0.29) is 0 Å². The van der Waals surface area contributed by atoms with Crippen LogP contribution in [0.5, 0.6) is 0 Å². The van der Waals surface area contributed by atoms with Crippen molar-refractivity contribution >= 4 is 21.9 Å². The molecule has 0 aliphatic carbocycles. The van der Waals surface area contributed by atoms with Crippen LogP contribution in [0.4, 0.5) is 0 Å². The molecule has 4 heteroatoms. The first-order valence-corrected chi connectivity index (χ1v) is 22.4. The number of para-hydroxylation sites is 2. The molecular weight excluding hydrogens is 791 g/mol. The lowest BCUT2D eigenvalue weighted by atomic mass is 9.90. The van der Waals surface area contributed by atoms with Crippen molar-refractivity contribution in [3.63, 3.8) is 0 Å². The number of rotatable bonds is 12. The maximum absolute atomic E-state index is 6.39. The summed E-state index contributed by atoms with van der Waals surface area (Å²) in [6, 6.07) is 73.6. The number of pyridine rings is 3. The normalized spacial score (nSPS) is 11.3. The SMILES string of the molecule is c1ccc(-c2ccc(CCc3cc(CCc4ccc(-c5ccccn5)cc4)cc(-c4ccccc4-c4ccc(-c5cc(-c6cccc7c6oc6ccccc67)ccn5)cc4)c3)cc2)nc1. The molecular formula is C61H45N3O. The van der Waals surface area contributed by atoms with E-state index in [0.717, 1.165) is 92.5 Å². The lowest BCUT2D eigenvalue weighted by Crippen LogP contribution is -1.98. The fourth-order valence-electron chi connectivity index (χ4n) is 9.07. The quantitative estimate of drug-likeness (QED) is 0.123. The standard InChI is InChI=1S/C61H45N3O/c1-2-11-53(52(10-1)46-30-32-49(33-31-46)59-41-50(34-37-64-59)54-13-9-14-56-55-12-3-4-17-60(55)65-61(54)56)51-39-44(20-18-42-22-26-47(27-23-42)57-15-5-7-35-62-57)38-45(40-51)21-19-43-24-28-48(29-25-43)58-16-6-8-36-63-58/h1-17,22-41H,18-21H2. The maximum atomic E-state index is 6.39. The predicted octanol–water partition coefficient (Wildman–Crippen LogP) is 15.3. The zero-order valence-corrected chi connectivity index (χ0v) is 35.9. The van der Waals surface area contributed by atoms with Crippen molar-refractivity contribution in [1.82, 2.24) is 15.0 Å². The molecule has 0 amide bonds. The van der Waals surface area contributed by atoms with Gasteiger partial charge < -0.3 is 4.42 Å². The zero-order chi connectivity index (χ0) is 43.4. The molecule has 0 bridgehead atoms. The lowest BCUT2D eigenvalue weighted by Gasteiger charge is -2.15. The van der Waals surface area contributed by atoms with Crippen LogP contribution in [0.2, 0.25) is 0 Å². The Morgan fingerprint density at radius 3 is 1.42 bits per heavy atom. The Balaban J connectivity index is 0.880. The Labute approximate surface area is 379 Å². The van der Waals surface area contributed by atoms with E-state index in [0.29, 0.717) is 0 Å². The van der Waals surface area contributed by atoms with Crippen LogP contribution in [-0.4, -0.2) is 15.0 Å². The zero-order valence-electron chi connectivity index (χ0n) is 35.9. The predicted molar refractivity (Wildman–Crippen MR) is 267 cm³/mol. The number of hydrogen-bond donors (Lipinski definition) is 0. The van der Waals surface area contributed by atoms with Crippen molar-refractivity contribution in [2.45, 2.75) is 25.7 Å². The van der Waals surface area contributed by atoms with Crippen LogP contribution in [0.25, 0.3) is 89.1 Å². The summed E-state index contributed by atoms with van der Waals surface area (Å²) >= 11 is 0. The second-order valence-electron chi connectivity index (χ2n) is 16.7. The summed E-state index contributed by atoms with van der Waals surface area (Å²) in [6.45, 7) is 0. The number of aromatic nitrogens is 3. The maximum Gasteiger partial charge on any atom is 0.143 e. The van der Waals surface area contributed by atoms with Gasteiger partial charge in [0, 0.05) is 51.6 Å². The van der Waals surface area contributed by atoms with E-state index in [9.17, 15) is 0 Å². The summed E-state index contributed by atoms with van der Waals surface area (Å²) in [6.07, 6.45) is 9.38. The van der Waals surface area contributed by atoms with Crippen LogP contribution in [-0.2, 0) is 25.7 Å². The van der Waals surface area contributed by atoms with Gasteiger partial charge >= 0.3 is 0 Å². The topological polar surface area (TPSA) is 51.8 Å². The van der Waals surface area contributed by atoms with E-state index in [1.807, 2.05) is 55.0 Å². The molecule has 0 saturated heterocycles. The van der Waals surface area contributed by atoms with Crippen molar-refractivity contribution in [3.8, 4) is 67.2 Å². The molecule has 11 aromatic rings. The summed E-state index contributed by atoms with van der Waals surface area (Å²) in [4.78, 5) is 13.9. The smallest absolute Gasteiger partial charge is 0.143 e. The number of benzene rings is 7. The van der Waals surface area contributed by atoms with E-state index in [1.54, 1.807) is 0 Å². The Hall–Kier alpha value is -8.21. The van der Waals surface area contributed by atoms with Crippen LogP contribution < -0.4 is 0 Å². The summed E-state index contributed by atoms with van der Waals surface area (Å²) in [5.74, 6) is 0. The molecule has 7 aromatic carbocycles. The van der Waals surface area contributed by atoms with Gasteiger partial charge in [-0.15, -0.1) is 0 Å². The first-order valence-electron chi connectivity index (χ1n) is 22.4. The minimum Gasteiger partial charge on any atom is -0.455 e. The Bertz CT molecular complexity index is 3290.